The summed E-state index contributed by atoms with van der Waals surface area (Å²) in [5.74, 6) is -1.22. The average molecular weight is 322 g/mol. The van der Waals surface area contributed by atoms with Crippen LogP contribution in [0, 0.1) is 6.92 Å². The number of benzene rings is 1. The van der Waals surface area contributed by atoms with Crippen molar-refractivity contribution >= 4 is 31.9 Å². The van der Waals surface area contributed by atoms with E-state index in [-0.39, 0.29) is 4.90 Å². The SMILES string of the molecule is Cc1cc(S(=O)(=O)NC(C)C(=O)O)ccc1Br. The summed E-state index contributed by atoms with van der Waals surface area (Å²) in [7, 11) is -3.80. The van der Waals surface area contributed by atoms with Gasteiger partial charge >= 0.3 is 5.97 Å². The molecule has 2 N–H and O–H groups in total. The maximum Gasteiger partial charge on any atom is 0.321 e. The maximum atomic E-state index is 11.8. The van der Waals surface area contributed by atoms with Gasteiger partial charge in [0.2, 0.25) is 10.0 Å². The number of carboxylic acids is 1. The van der Waals surface area contributed by atoms with Crippen molar-refractivity contribution in [2.24, 2.45) is 0 Å². The number of halogens is 1. The average Bonchev–Trinajstić information content (AvgIpc) is 2.21. The van der Waals surface area contributed by atoms with Gasteiger partial charge in [-0.1, -0.05) is 15.9 Å². The molecular weight excluding hydrogens is 310 g/mol. The monoisotopic (exact) mass is 321 g/mol. The van der Waals surface area contributed by atoms with Gasteiger partial charge in [-0.25, -0.2) is 8.42 Å². The summed E-state index contributed by atoms with van der Waals surface area (Å²) in [6, 6.07) is 3.33. The maximum absolute atomic E-state index is 11.8. The predicted molar refractivity (Wildman–Crippen MR) is 66.3 cm³/mol. The second-order valence-corrected chi connectivity index (χ2v) is 6.16. The topological polar surface area (TPSA) is 83.5 Å². The minimum Gasteiger partial charge on any atom is -0.480 e. The fraction of sp³-hybridized carbons (Fsp3) is 0.300. The fourth-order valence-corrected chi connectivity index (χ4v) is 2.66. The molecule has 0 aliphatic carbocycles. The summed E-state index contributed by atoms with van der Waals surface area (Å²) in [5.41, 5.74) is 0.760. The van der Waals surface area contributed by atoms with Crippen LogP contribution in [0.15, 0.2) is 27.6 Å². The second kappa shape index (κ2) is 5.16. The zero-order chi connectivity index (χ0) is 13.2. The van der Waals surface area contributed by atoms with Crippen molar-refractivity contribution in [1.82, 2.24) is 4.72 Å². The molecule has 0 saturated carbocycles. The number of rotatable bonds is 4. The number of hydrogen-bond donors (Lipinski definition) is 2. The largest absolute Gasteiger partial charge is 0.480 e. The molecule has 1 unspecified atom stereocenters. The van der Waals surface area contributed by atoms with Gasteiger partial charge in [-0.15, -0.1) is 0 Å². The minimum atomic E-state index is -3.80. The van der Waals surface area contributed by atoms with Gasteiger partial charge in [-0.05, 0) is 37.6 Å². The molecule has 94 valence electrons. The molecule has 0 heterocycles. The first-order valence-electron chi connectivity index (χ1n) is 4.75. The van der Waals surface area contributed by atoms with E-state index < -0.39 is 22.0 Å². The van der Waals surface area contributed by atoms with Crippen LogP contribution < -0.4 is 4.72 Å². The first-order valence-corrected chi connectivity index (χ1v) is 7.03. The zero-order valence-electron chi connectivity index (χ0n) is 9.27. The van der Waals surface area contributed by atoms with Gasteiger partial charge < -0.3 is 5.11 Å². The predicted octanol–water partition coefficient (Wildman–Crippen LogP) is 1.51. The van der Waals surface area contributed by atoms with Gasteiger partial charge in [-0.3, -0.25) is 4.79 Å². The highest BCUT2D eigenvalue weighted by molar-refractivity contribution is 9.10. The van der Waals surface area contributed by atoms with Crippen LogP contribution in [0.5, 0.6) is 0 Å². The lowest BCUT2D eigenvalue weighted by Gasteiger charge is -2.11. The third kappa shape index (κ3) is 3.52. The highest BCUT2D eigenvalue weighted by atomic mass is 79.9. The lowest BCUT2D eigenvalue weighted by molar-refractivity contribution is -0.138. The van der Waals surface area contributed by atoms with Crippen molar-refractivity contribution in [3.63, 3.8) is 0 Å². The molecule has 0 saturated heterocycles. The highest BCUT2D eigenvalue weighted by Gasteiger charge is 2.21. The van der Waals surface area contributed by atoms with Crippen LogP contribution >= 0.6 is 15.9 Å². The lowest BCUT2D eigenvalue weighted by atomic mass is 10.2. The van der Waals surface area contributed by atoms with Gasteiger partial charge in [0.05, 0.1) is 4.90 Å². The molecule has 7 heteroatoms. The van der Waals surface area contributed by atoms with E-state index in [0.717, 1.165) is 10.0 Å². The fourth-order valence-electron chi connectivity index (χ4n) is 1.14. The van der Waals surface area contributed by atoms with Gasteiger partial charge in [0.15, 0.2) is 0 Å². The van der Waals surface area contributed by atoms with E-state index in [1.165, 1.54) is 19.1 Å². The smallest absolute Gasteiger partial charge is 0.321 e. The molecule has 0 bridgehead atoms. The van der Waals surface area contributed by atoms with Crippen molar-refractivity contribution < 1.29 is 18.3 Å². The number of carboxylic acid groups (broad SMARTS) is 1. The van der Waals surface area contributed by atoms with Crippen molar-refractivity contribution in [2.45, 2.75) is 24.8 Å². The molecule has 1 atom stereocenters. The van der Waals surface area contributed by atoms with Crippen LogP contribution in [0.4, 0.5) is 0 Å². The van der Waals surface area contributed by atoms with Gasteiger partial charge in [0, 0.05) is 4.47 Å². The number of sulfonamides is 1. The standard InChI is InChI=1S/C10H12BrNO4S/c1-6-5-8(3-4-9(6)11)17(15,16)12-7(2)10(13)14/h3-5,7,12H,1-2H3,(H,13,14). The van der Waals surface area contributed by atoms with E-state index in [2.05, 4.69) is 20.7 Å². The van der Waals surface area contributed by atoms with E-state index in [1.54, 1.807) is 13.0 Å². The zero-order valence-corrected chi connectivity index (χ0v) is 11.7. The van der Waals surface area contributed by atoms with Gasteiger partial charge in [0.1, 0.15) is 6.04 Å². The molecule has 1 aromatic carbocycles. The van der Waals surface area contributed by atoms with Crippen LogP contribution in [0.1, 0.15) is 12.5 Å². The van der Waals surface area contributed by atoms with Gasteiger partial charge in [0.25, 0.3) is 0 Å². The number of hydrogen-bond acceptors (Lipinski definition) is 3. The Hall–Kier alpha value is -0.920. The van der Waals surface area contributed by atoms with Crippen LogP contribution in [0.3, 0.4) is 0 Å². The number of nitrogens with one attached hydrogen (secondary N) is 1. The summed E-state index contributed by atoms with van der Waals surface area (Å²) >= 11 is 3.26. The van der Waals surface area contributed by atoms with E-state index >= 15 is 0 Å². The Kier molecular flexibility index (Phi) is 4.29. The summed E-state index contributed by atoms with van der Waals surface area (Å²) in [6.07, 6.45) is 0. The number of aliphatic carboxylic acids is 1. The third-order valence-electron chi connectivity index (χ3n) is 2.14. The molecule has 0 radical (unpaired) electrons. The van der Waals surface area contributed by atoms with Crippen molar-refractivity contribution in [3.05, 3.63) is 28.2 Å². The van der Waals surface area contributed by atoms with Crippen LogP contribution in [0.2, 0.25) is 0 Å². The van der Waals surface area contributed by atoms with E-state index in [1.807, 2.05) is 0 Å². The molecule has 0 fully saturated rings. The molecule has 0 amide bonds. The number of carbonyl (C=O) groups is 1. The molecular formula is C10H12BrNO4S. The van der Waals surface area contributed by atoms with E-state index in [9.17, 15) is 13.2 Å². The quantitative estimate of drug-likeness (QED) is 0.880. The van der Waals surface area contributed by atoms with Crippen LogP contribution in [-0.4, -0.2) is 25.5 Å². The lowest BCUT2D eigenvalue weighted by Crippen LogP contribution is -2.38. The van der Waals surface area contributed by atoms with E-state index in [4.69, 9.17) is 5.11 Å². The summed E-state index contributed by atoms with van der Waals surface area (Å²) in [4.78, 5) is 10.6. The molecule has 0 spiro atoms. The Labute approximate surface area is 108 Å². The van der Waals surface area contributed by atoms with Crippen molar-refractivity contribution in [2.75, 3.05) is 0 Å². The third-order valence-corrected chi connectivity index (χ3v) is 4.57. The molecule has 1 rings (SSSR count). The Balaban J connectivity index is 3.05. The Morgan fingerprint density at radius 3 is 2.53 bits per heavy atom. The highest BCUT2D eigenvalue weighted by Crippen LogP contribution is 2.20. The second-order valence-electron chi connectivity index (χ2n) is 3.59. The summed E-state index contributed by atoms with van der Waals surface area (Å²) in [6.45, 7) is 3.02. The molecule has 0 aliphatic rings. The normalized spacial score (nSPS) is 13.4. The molecule has 17 heavy (non-hydrogen) atoms. The molecule has 0 aliphatic heterocycles. The Bertz CT molecular complexity index is 541. The molecule has 1 aromatic rings. The summed E-state index contributed by atoms with van der Waals surface area (Å²) < 4.78 is 26.5. The Morgan fingerprint density at radius 2 is 2.06 bits per heavy atom. The number of aryl methyl sites for hydroxylation is 1. The molecule has 5 nitrogen and oxygen atoms in total. The van der Waals surface area contributed by atoms with Gasteiger partial charge in [-0.2, -0.15) is 4.72 Å². The molecule has 0 aromatic heterocycles. The van der Waals surface area contributed by atoms with E-state index in [0.29, 0.717) is 0 Å². The Morgan fingerprint density at radius 1 is 1.47 bits per heavy atom. The first kappa shape index (κ1) is 14.1. The van der Waals surface area contributed by atoms with Crippen LogP contribution in [-0.2, 0) is 14.8 Å². The van der Waals surface area contributed by atoms with Crippen molar-refractivity contribution in [1.29, 1.82) is 0 Å². The van der Waals surface area contributed by atoms with Crippen LogP contribution in [0.25, 0.3) is 0 Å². The van der Waals surface area contributed by atoms with Crippen molar-refractivity contribution in [3.8, 4) is 0 Å². The first-order chi connectivity index (χ1) is 7.74. The summed E-state index contributed by atoms with van der Waals surface area (Å²) in [5, 5.41) is 8.66. The minimum absolute atomic E-state index is 0.0475.